The molecule has 1 unspecified atom stereocenters. The average Bonchev–Trinajstić information content (AvgIpc) is 3.52. The Labute approximate surface area is 198 Å². The van der Waals surface area contributed by atoms with Gasteiger partial charge in [-0.05, 0) is 59.8 Å². The first-order valence-electron chi connectivity index (χ1n) is 10.6. The standard InChI is InChI=1S/C22H23N7O2S2/c1-14-19(21(31)29(26(14)3)17-7-5-4-6-8-17)28-22(23-24-25-28)33-15(2)20(30)27-11-9-18-16(13-27)10-12-32-18/h4-8,10,12,15H,9,11,13H2,1-3H3. The van der Waals surface area contributed by atoms with E-state index in [4.69, 9.17) is 0 Å². The maximum atomic E-state index is 13.4. The van der Waals surface area contributed by atoms with Crippen molar-refractivity contribution < 1.29 is 4.79 Å². The molecule has 1 aliphatic rings. The number of para-hydroxylation sites is 1. The van der Waals surface area contributed by atoms with Gasteiger partial charge in [0.05, 0.1) is 16.6 Å². The predicted molar refractivity (Wildman–Crippen MR) is 127 cm³/mol. The minimum Gasteiger partial charge on any atom is -0.337 e. The van der Waals surface area contributed by atoms with E-state index in [0.717, 1.165) is 17.8 Å². The summed E-state index contributed by atoms with van der Waals surface area (Å²) >= 11 is 3.01. The lowest BCUT2D eigenvalue weighted by molar-refractivity contribution is -0.131. The van der Waals surface area contributed by atoms with Gasteiger partial charge in [-0.2, -0.15) is 4.68 Å². The predicted octanol–water partition coefficient (Wildman–Crippen LogP) is 2.59. The molecule has 0 fully saturated rings. The number of amides is 1. The largest absolute Gasteiger partial charge is 0.337 e. The van der Waals surface area contributed by atoms with Crippen LogP contribution >= 0.6 is 23.1 Å². The highest BCUT2D eigenvalue weighted by molar-refractivity contribution is 8.00. The summed E-state index contributed by atoms with van der Waals surface area (Å²) in [6, 6.07) is 11.5. The SMILES string of the molecule is Cc1c(-n2nnnc2SC(C)C(=O)N2CCc3sccc3C2)c(=O)n(-c2ccccc2)n1C. The second-order valence-corrected chi connectivity index (χ2v) is 10.2. The van der Waals surface area contributed by atoms with Gasteiger partial charge in [-0.25, -0.2) is 4.68 Å². The van der Waals surface area contributed by atoms with E-state index in [1.165, 1.54) is 26.9 Å². The van der Waals surface area contributed by atoms with Crippen LogP contribution in [-0.2, 0) is 24.8 Å². The zero-order valence-corrected chi connectivity index (χ0v) is 20.1. The summed E-state index contributed by atoms with van der Waals surface area (Å²) in [4.78, 5) is 29.7. The van der Waals surface area contributed by atoms with Crippen LogP contribution in [0, 0.1) is 6.92 Å². The zero-order valence-electron chi connectivity index (χ0n) is 18.5. The summed E-state index contributed by atoms with van der Waals surface area (Å²) in [7, 11) is 1.83. The Hall–Kier alpha value is -3.18. The van der Waals surface area contributed by atoms with E-state index in [2.05, 4.69) is 27.0 Å². The third-order valence-corrected chi connectivity index (χ3v) is 7.97. The molecule has 1 aliphatic heterocycles. The maximum absolute atomic E-state index is 13.4. The number of nitrogens with zero attached hydrogens (tertiary/aromatic N) is 7. The van der Waals surface area contributed by atoms with Gasteiger partial charge < -0.3 is 4.90 Å². The van der Waals surface area contributed by atoms with Crippen molar-refractivity contribution in [1.82, 2.24) is 34.5 Å². The van der Waals surface area contributed by atoms with Gasteiger partial charge in [0.15, 0.2) is 5.69 Å². The number of aromatic nitrogens is 6. The van der Waals surface area contributed by atoms with E-state index in [-0.39, 0.29) is 11.5 Å². The van der Waals surface area contributed by atoms with E-state index in [0.29, 0.717) is 23.9 Å². The van der Waals surface area contributed by atoms with Crippen LogP contribution in [0.3, 0.4) is 0 Å². The minimum absolute atomic E-state index is 0.0397. The topological polar surface area (TPSA) is 90.8 Å². The Morgan fingerprint density at radius 2 is 2.00 bits per heavy atom. The fraction of sp³-hybridized carbons (Fsp3) is 0.318. The van der Waals surface area contributed by atoms with Gasteiger partial charge in [-0.1, -0.05) is 30.0 Å². The van der Waals surface area contributed by atoms with Crippen LogP contribution in [0.1, 0.15) is 23.1 Å². The molecule has 0 aliphatic carbocycles. The van der Waals surface area contributed by atoms with Crippen LogP contribution in [0.15, 0.2) is 51.7 Å². The van der Waals surface area contributed by atoms with Gasteiger partial charge in [-0.3, -0.25) is 14.3 Å². The molecule has 5 rings (SSSR count). The first-order valence-corrected chi connectivity index (χ1v) is 12.3. The van der Waals surface area contributed by atoms with Crippen LogP contribution in [0.25, 0.3) is 11.4 Å². The number of thioether (sulfide) groups is 1. The van der Waals surface area contributed by atoms with Gasteiger partial charge in [-0.15, -0.1) is 16.4 Å². The van der Waals surface area contributed by atoms with E-state index in [1.54, 1.807) is 20.7 Å². The Morgan fingerprint density at radius 1 is 1.21 bits per heavy atom. The van der Waals surface area contributed by atoms with Crippen LogP contribution in [0.4, 0.5) is 0 Å². The Kier molecular flexibility index (Phi) is 5.67. The van der Waals surface area contributed by atoms with Crippen molar-refractivity contribution >= 4 is 29.0 Å². The smallest absolute Gasteiger partial charge is 0.297 e. The zero-order chi connectivity index (χ0) is 23.1. The second-order valence-electron chi connectivity index (χ2n) is 7.92. The monoisotopic (exact) mass is 481 g/mol. The molecule has 0 radical (unpaired) electrons. The van der Waals surface area contributed by atoms with Gasteiger partial charge in [0.2, 0.25) is 11.1 Å². The summed E-state index contributed by atoms with van der Waals surface area (Å²) in [5.41, 5.74) is 2.84. The number of hydrogen-bond donors (Lipinski definition) is 0. The third-order valence-electron chi connectivity index (χ3n) is 5.93. The van der Waals surface area contributed by atoms with Crippen LogP contribution in [0.2, 0.25) is 0 Å². The number of hydrogen-bond acceptors (Lipinski definition) is 7. The Balaban J connectivity index is 1.42. The quantitative estimate of drug-likeness (QED) is 0.407. The van der Waals surface area contributed by atoms with Crippen molar-refractivity contribution in [3.63, 3.8) is 0 Å². The molecule has 0 bridgehead atoms. The molecule has 0 spiro atoms. The van der Waals surface area contributed by atoms with Crippen LogP contribution in [0.5, 0.6) is 0 Å². The number of rotatable bonds is 5. The lowest BCUT2D eigenvalue weighted by atomic mass is 10.1. The van der Waals surface area contributed by atoms with E-state index < -0.39 is 5.25 Å². The summed E-state index contributed by atoms with van der Waals surface area (Å²) in [6.07, 6.45) is 0.885. The molecule has 0 N–H and O–H groups in total. The highest BCUT2D eigenvalue weighted by Gasteiger charge is 2.29. The van der Waals surface area contributed by atoms with E-state index in [1.807, 2.05) is 56.1 Å². The molecule has 1 amide bonds. The lowest BCUT2D eigenvalue weighted by Gasteiger charge is -2.29. The molecule has 4 heterocycles. The third kappa shape index (κ3) is 3.80. The normalized spacial score (nSPS) is 14.3. The number of benzene rings is 1. The number of carbonyl (C=O) groups is 1. The van der Waals surface area contributed by atoms with Gasteiger partial charge >= 0.3 is 0 Å². The van der Waals surface area contributed by atoms with Crippen molar-refractivity contribution in [3.05, 3.63) is 68.3 Å². The number of thiophene rings is 1. The molecular weight excluding hydrogens is 458 g/mol. The van der Waals surface area contributed by atoms with Crippen molar-refractivity contribution in [2.75, 3.05) is 6.54 Å². The Morgan fingerprint density at radius 3 is 2.79 bits per heavy atom. The Bertz CT molecular complexity index is 1370. The molecular formula is C22H23N7O2S2. The molecule has 4 aromatic rings. The van der Waals surface area contributed by atoms with Gasteiger partial charge in [0.25, 0.3) is 5.56 Å². The molecule has 11 heteroatoms. The molecule has 170 valence electrons. The summed E-state index contributed by atoms with van der Waals surface area (Å²) in [5, 5.41) is 14.1. The number of fused-ring (bicyclic) bond motifs is 1. The number of tetrazole rings is 1. The van der Waals surface area contributed by atoms with E-state index in [9.17, 15) is 9.59 Å². The molecule has 1 aromatic carbocycles. The molecule has 33 heavy (non-hydrogen) atoms. The minimum atomic E-state index is -0.393. The van der Waals surface area contributed by atoms with Crippen molar-refractivity contribution in [2.24, 2.45) is 7.05 Å². The molecule has 3 aromatic heterocycles. The first-order chi connectivity index (χ1) is 16.0. The fourth-order valence-corrected chi connectivity index (χ4v) is 5.86. The fourth-order valence-electron chi connectivity index (χ4n) is 4.09. The molecule has 0 saturated carbocycles. The van der Waals surface area contributed by atoms with Crippen molar-refractivity contribution in [3.8, 4) is 11.4 Å². The maximum Gasteiger partial charge on any atom is 0.297 e. The van der Waals surface area contributed by atoms with Crippen LogP contribution in [-0.4, -0.2) is 52.2 Å². The lowest BCUT2D eigenvalue weighted by Crippen LogP contribution is -2.39. The van der Waals surface area contributed by atoms with Gasteiger partial charge in [0.1, 0.15) is 0 Å². The first kappa shape index (κ1) is 21.7. The number of carbonyl (C=O) groups excluding carboxylic acids is 1. The summed E-state index contributed by atoms with van der Waals surface area (Å²) in [5.74, 6) is 0.0397. The van der Waals surface area contributed by atoms with E-state index >= 15 is 0 Å². The molecule has 0 saturated heterocycles. The summed E-state index contributed by atoms with van der Waals surface area (Å²) in [6.45, 7) is 5.05. The van der Waals surface area contributed by atoms with Crippen molar-refractivity contribution in [1.29, 1.82) is 0 Å². The highest BCUT2D eigenvalue weighted by Crippen LogP contribution is 2.28. The average molecular weight is 482 g/mol. The van der Waals surface area contributed by atoms with Crippen molar-refractivity contribution in [2.45, 2.75) is 37.2 Å². The summed E-state index contributed by atoms with van der Waals surface area (Å²) < 4.78 is 4.81. The second kappa shape index (κ2) is 8.64. The molecule has 1 atom stereocenters. The highest BCUT2D eigenvalue weighted by atomic mass is 32.2. The van der Waals surface area contributed by atoms with Gasteiger partial charge in [0, 0.05) is 25.0 Å². The molecule has 9 nitrogen and oxygen atoms in total. The van der Waals surface area contributed by atoms with Crippen LogP contribution < -0.4 is 5.56 Å².